The Balaban J connectivity index is 1.88. The molecule has 0 fully saturated rings. The molecule has 0 aliphatic rings. The lowest BCUT2D eigenvalue weighted by Gasteiger charge is -2.28. The number of nitrogen functional groups attached to an aromatic ring is 1. The van der Waals surface area contributed by atoms with E-state index in [2.05, 4.69) is 15.7 Å². The molecule has 0 aliphatic carbocycles. The van der Waals surface area contributed by atoms with Crippen LogP contribution in [-0.2, 0) is 10.9 Å². The summed E-state index contributed by atoms with van der Waals surface area (Å²) in [7, 11) is 0. The number of ether oxygens (including phenoxy) is 1. The fourth-order valence-corrected chi connectivity index (χ4v) is 2.76. The van der Waals surface area contributed by atoms with E-state index < -0.39 is 23.4 Å². The molecule has 1 amide bonds. The Kier molecular flexibility index (Phi) is 6.66. The van der Waals surface area contributed by atoms with E-state index >= 15 is 0 Å². The highest BCUT2D eigenvalue weighted by Crippen LogP contribution is 2.31. The van der Waals surface area contributed by atoms with Crippen molar-refractivity contribution in [2.75, 3.05) is 21.5 Å². The smallest absolute Gasteiger partial charge is 0.433 e. The zero-order valence-electron chi connectivity index (χ0n) is 18.3. The van der Waals surface area contributed by atoms with Gasteiger partial charge in [0.1, 0.15) is 11.4 Å². The van der Waals surface area contributed by atoms with E-state index in [-0.39, 0.29) is 0 Å². The quantitative estimate of drug-likeness (QED) is 0.311. The number of alkyl halides is 3. The molecule has 3 aromatic rings. The van der Waals surface area contributed by atoms with Gasteiger partial charge >= 0.3 is 12.3 Å². The first-order valence-corrected chi connectivity index (χ1v) is 9.97. The van der Waals surface area contributed by atoms with Crippen molar-refractivity contribution >= 4 is 34.7 Å². The topological polar surface area (TPSA) is 92.5 Å². The highest BCUT2D eigenvalue weighted by molar-refractivity contribution is 5.91. The fourth-order valence-electron chi connectivity index (χ4n) is 2.76. The number of rotatable bonds is 5. The molecule has 0 saturated heterocycles. The minimum atomic E-state index is -4.42. The van der Waals surface area contributed by atoms with Gasteiger partial charge in [-0.15, -0.1) is 0 Å². The fraction of sp³-hybridized carbons (Fsp3) is 0.217. The van der Waals surface area contributed by atoms with Crippen LogP contribution in [0.5, 0.6) is 0 Å². The molecule has 0 saturated carbocycles. The predicted octanol–water partition coefficient (Wildman–Crippen LogP) is 6.19. The number of pyridine rings is 1. The van der Waals surface area contributed by atoms with Gasteiger partial charge < -0.3 is 15.8 Å². The van der Waals surface area contributed by atoms with Crippen molar-refractivity contribution in [2.45, 2.75) is 32.5 Å². The lowest BCUT2D eigenvalue weighted by molar-refractivity contribution is -0.137. The number of carbonyl (C=O) groups is 1. The van der Waals surface area contributed by atoms with Crippen LogP contribution in [0.2, 0.25) is 0 Å². The molecule has 1 aromatic heterocycles. The maximum atomic E-state index is 12.9. The van der Waals surface area contributed by atoms with E-state index in [1.165, 1.54) is 23.3 Å². The molecule has 0 spiro atoms. The summed E-state index contributed by atoms with van der Waals surface area (Å²) >= 11 is 0. The molecule has 2 aromatic carbocycles. The van der Waals surface area contributed by atoms with Gasteiger partial charge in [0, 0.05) is 18.0 Å². The first kappa shape index (κ1) is 23.7. The highest BCUT2D eigenvalue weighted by Gasteiger charge is 2.30. The number of para-hydroxylation sites is 2. The van der Waals surface area contributed by atoms with Crippen LogP contribution in [0, 0.1) is 0 Å². The Labute approximate surface area is 189 Å². The number of nitrogens with one attached hydrogen (secondary N) is 2. The zero-order chi connectivity index (χ0) is 24.2. The Morgan fingerprint density at radius 3 is 2.30 bits per heavy atom. The van der Waals surface area contributed by atoms with Gasteiger partial charge in [0.05, 0.1) is 22.6 Å². The molecule has 0 aliphatic heterocycles. The van der Waals surface area contributed by atoms with E-state index in [1.807, 2.05) is 0 Å². The highest BCUT2D eigenvalue weighted by atomic mass is 19.4. The van der Waals surface area contributed by atoms with Crippen LogP contribution in [0.25, 0.3) is 0 Å². The number of hydrazine groups is 1. The van der Waals surface area contributed by atoms with Crippen molar-refractivity contribution in [3.05, 3.63) is 72.4 Å². The second kappa shape index (κ2) is 9.27. The van der Waals surface area contributed by atoms with Gasteiger partial charge in [-0.2, -0.15) is 18.2 Å². The second-order valence-electron chi connectivity index (χ2n) is 8.11. The van der Waals surface area contributed by atoms with Crippen LogP contribution in [-0.4, -0.2) is 16.7 Å². The lowest BCUT2D eigenvalue weighted by atomic mass is 10.2. The SMILES string of the molecule is CC(C)(C)OC(=O)N(Nc1ccccc1N)c1ccnc(Nc2ccc(C(F)(F)F)cc2)c1. The second-order valence-corrected chi connectivity index (χ2v) is 8.11. The van der Waals surface area contributed by atoms with E-state index in [1.54, 1.807) is 57.2 Å². The summed E-state index contributed by atoms with van der Waals surface area (Å²) in [5.74, 6) is 0.309. The van der Waals surface area contributed by atoms with Crippen molar-refractivity contribution in [2.24, 2.45) is 0 Å². The van der Waals surface area contributed by atoms with E-state index in [0.29, 0.717) is 28.6 Å². The number of benzene rings is 2. The molecular weight excluding hydrogens is 435 g/mol. The minimum absolute atomic E-state index is 0.309. The Hall–Kier alpha value is -3.95. The van der Waals surface area contributed by atoms with E-state index in [4.69, 9.17) is 10.5 Å². The summed E-state index contributed by atoms with van der Waals surface area (Å²) in [5, 5.41) is 4.11. The number of nitrogens with zero attached hydrogens (tertiary/aromatic N) is 2. The molecule has 174 valence electrons. The third-order valence-corrected chi connectivity index (χ3v) is 4.26. The standard InChI is InChI=1S/C23H24F3N5O2/c1-22(2,3)33-21(32)31(30-19-7-5-4-6-18(19)27)17-12-13-28-20(14-17)29-16-10-8-15(9-11-16)23(24,25)26/h4-14,30H,27H2,1-3H3,(H,28,29). The van der Waals surface area contributed by atoms with Crippen LogP contribution < -0.4 is 21.5 Å². The number of amides is 1. The average molecular weight is 459 g/mol. The third kappa shape index (κ3) is 6.52. The number of halogens is 3. The Morgan fingerprint density at radius 1 is 1.03 bits per heavy atom. The number of hydrogen-bond acceptors (Lipinski definition) is 6. The molecule has 1 heterocycles. The summed E-state index contributed by atoms with van der Waals surface area (Å²) in [4.78, 5) is 17.1. The molecule has 3 rings (SSSR count). The molecule has 0 radical (unpaired) electrons. The van der Waals surface area contributed by atoms with Gasteiger partial charge in [-0.3, -0.25) is 5.43 Å². The number of aromatic nitrogens is 1. The third-order valence-electron chi connectivity index (χ3n) is 4.26. The van der Waals surface area contributed by atoms with Crippen LogP contribution >= 0.6 is 0 Å². The van der Waals surface area contributed by atoms with Crippen LogP contribution in [0.15, 0.2) is 66.9 Å². The van der Waals surface area contributed by atoms with Gasteiger partial charge in [-0.25, -0.2) is 9.78 Å². The van der Waals surface area contributed by atoms with Gasteiger partial charge in [-0.1, -0.05) is 12.1 Å². The molecular formula is C23H24F3N5O2. The molecule has 0 bridgehead atoms. The summed E-state index contributed by atoms with van der Waals surface area (Å²) in [6.45, 7) is 5.22. The zero-order valence-corrected chi connectivity index (χ0v) is 18.3. The molecule has 0 unspecified atom stereocenters. The summed E-state index contributed by atoms with van der Waals surface area (Å²) < 4.78 is 43.9. The molecule has 7 nitrogen and oxygen atoms in total. The van der Waals surface area contributed by atoms with E-state index in [9.17, 15) is 18.0 Å². The Morgan fingerprint density at radius 2 is 1.70 bits per heavy atom. The Bertz CT molecular complexity index is 1110. The lowest BCUT2D eigenvalue weighted by Crippen LogP contribution is -2.40. The summed E-state index contributed by atoms with van der Waals surface area (Å²) in [5.41, 5.74) is 9.12. The maximum absolute atomic E-state index is 12.9. The molecule has 33 heavy (non-hydrogen) atoms. The number of hydrogen-bond donors (Lipinski definition) is 3. The van der Waals surface area contributed by atoms with Gasteiger partial charge in [-0.05, 0) is 63.2 Å². The van der Waals surface area contributed by atoms with Crippen LogP contribution in [0.4, 0.5) is 46.5 Å². The number of anilines is 5. The summed E-state index contributed by atoms with van der Waals surface area (Å²) in [6, 6.07) is 14.6. The van der Waals surface area contributed by atoms with E-state index in [0.717, 1.165) is 12.1 Å². The summed E-state index contributed by atoms with van der Waals surface area (Å²) in [6.07, 6.45) is -3.65. The molecule has 10 heteroatoms. The first-order valence-electron chi connectivity index (χ1n) is 9.97. The average Bonchev–Trinajstić information content (AvgIpc) is 2.72. The largest absolute Gasteiger partial charge is 0.442 e. The van der Waals surface area contributed by atoms with Crippen molar-refractivity contribution in [1.29, 1.82) is 0 Å². The molecule has 4 N–H and O–H groups in total. The van der Waals surface area contributed by atoms with Gasteiger partial charge in [0.2, 0.25) is 0 Å². The number of nitrogens with two attached hydrogens (primary N) is 1. The molecule has 0 atom stereocenters. The van der Waals surface area contributed by atoms with Gasteiger partial charge in [0.15, 0.2) is 0 Å². The first-order chi connectivity index (χ1) is 15.4. The van der Waals surface area contributed by atoms with Crippen molar-refractivity contribution in [3.63, 3.8) is 0 Å². The maximum Gasteiger partial charge on any atom is 0.433 e. The minimum Gasteiger partial charge on any atom is -0.442 e. The van der Waals surface area contributed by atoms with Crippen molar-refractivity contribution < 1.29 is 22.7 Å². The predicted molar refractivity (Wildman–Crippen MR) is 122 cm³/mol. The monoisotopic (exact) mass is 459 g/mol. The van der Waals surface area contributed by atoms with Crippen molar-refractivity contribution in [3.8, 4) is 0 Å². The van der Waals surface area contributed by atoms with Crippen LogP contribution in [0.1, 0.15) is 26.3 Å². The van der Waals surface area contributed by atoms with Gasteiger partial charge in [0.25, 0.3) is 0 Å². The van der Waals surface area contributed by atoms with Crippen molar-refractivity contribution in [1.82, 2.24) is 4.98 Å². The normalized spacial score (nSPS) is 11.6. The number of carbonyl (C=O) groups excluding carboxylic acids is 1. The van der Waals surface area contributed by atoms with Crippen LogP contribution in [0.3, 0.4) is 0 Å².